The summed E-state index contributed by atoms with van der Waals surface area (Å²) in [5.74, 6) is -0.503. The van der Waals surface area contributed by atoms with Crippen LogP contribution in [0.1, 0.15) is 23.9 Å². The number of aromatic nitrogens is 2. The van der Waals surface area contributed by atoms with Crippen molar-refractivity contribution in [1.82, 2.24) is 19.6 Å². The number of carbonyl (C=O) groups is 1. The van der Waals surface area contributed by atoms with E-state index in [9.17, 15) is 18.0 Å². The number of benzene rings is 1. The zero-order valence-electron chi connectivity index (χ0n) is 16.4. The van der Waals surface area contributed by atoms with Crippen molar-refractivity contribution >= 4 is 17.5 Å². The summed E-state index contributed by atoms with van der Waals surface area (Å²) in [6.45, 7) is 6.92. The van der Waals surface area contributed by atoms with Gasteiger partial charge in [-0.05, 0) is 30.7 Å². The van der Waals surface area contributed by atoms with Crippen LogP contribution in [0.2, 0.25) is 5.02 Å². The number of aryl methyl sites for hydroxylation is 1. The van der Waals surface area contributed by atoms with Gasteiger partial charge in [0.25, 0.3) is 0 Å². The highest BCUT2D eigenvalue weighted by atomic mass is 35.5. The molecule has 1 unspecified atom stereocenters. The SMILES string of the molecule is Cc1cc(C(F)(F)F)nn1CC(C)C(=O)N1CCN(Cc2ccc(Cl)cc2)CC1. The molecule has 1 saturated heterocycles. The maximum absolute atomic E-state index is 12.8. The maximum Gasteiger partial charge on any atom is 0.435 e. The fourth-order valence-corrected chi connectivity index (χ4v) is 3.58. The minimum absolute atomic E-state index is 0.0559. The highest BCUT2D eigenvalue weighted by molar-refractivity contribution is 6.30. The Hall–Kier alpha value is -2.06. The third-order valence-electron chi connectivity index (χ3n) is 5.14. The Labute approximate surface area is 173 Å². The van der Waals surface area contributed by atoms with Crippen molar-refractivity contribution in [2.75, 3.05) is 26.2 Å². The van der Waals surface area contributed by atoms with Crippen LogP contribution in [-0.2, 0) is 24.1 Å². The molecular weight excluding hydrogens is 405 g/mol. The molecule has 0 radical (unpaired) electrons. The second-order valence-electron chi connectivity index (χ2n) is 7.48. The standard InChI is InChI=1S/C20H24ClF3N4O/c1-14(12-28-15(2)11-18(25-28)20(22,23)24)19(29)27-9-7-26(8-10-27)13-16-3-5-17(21)6-4-16/h3-6,11,14H,7-10,12-13H2,1-2H3. The van der Waals surface area contributed by atoms with E-state index in [4.69, 9.17) is 11.6 Å². The van der Waals surface area contributed by atoms with Gasteiger partial charge in [0.15, 0.2) is 5.69 Å². The van der Waals surface area contributed by atoms with Gasteiger partial charge in [0.05, 0.1) is 12.5 Å². The number of carbonyl (C=O) groups excluding carboxylic acids is 1. The van der Waals surface area contributed by atoms with Gasteiger partial charge in [-0.1, -0.05) is 30.7 Å². The molecule has 158 valence electrons. The zero-order chi connectivity index (χ0) is 21.2. The summed E-state index contributed by atoms with van der Waals surface area (Å²) in [5.41, 5.74) is 0.632. The van der Waals surface area contributed by atoms with Crippen LogP contribution >= 0.6 is 11.6 Å². The van der Waals surface area contributed by atoms with Crippen molar-refractivity contribution in [2.45, 2.75) is 33.1 Å². The van der Waals surface area contributed by atoms with Crippen LogP contribution in [-0.4, -0.2) is 51.7 Å². The molecule has 5 nitrogen and oxygen atoms in total. The lowest BCUT2D eigenvalue weighted by molar-refractivity contribution is -0.141. The van der Waals surface area contributed by atoms with Gasteiger partial charge in [0.1, 0.15) is 0 Å². The fourth-order valence-electron chi connectivity index (χ4n) is 3.46. The van der Waals surface area contributed by atoms with E-state index < -0.39 is 17.8 Å². The number of hydrogen-bond acceptors (Lipinski definition) is 3. The van der Waals surface area contributed by atoms with Crippen molar-refractivity contribution in [3.05, 3.63) is 52.3 Å². The second kappa shape index (κ2) is 8.75. The van der Waals surface area contributed by atoms with E-state index in [1.807, 2.05) is 24.3 Å². The Balaban J connectivity index is 1.52. The highest BCUT2D eigenvalue weighted by Crippen LogP contribution is 2.28. The smallest absolute Gasteiger partial charge is 0.340 e. The molecule has 1 amide bonds. The molecule has 0 bridgehead atoms. The van der Waals surface area contributed by atoms with E-state index in [0.717, 1.165) is 31.3 Å². The van der Waals surface area contributed by atoms with Crippen LogP contribution in [0.25, 0.3) is 0 Å². The predicted octanol–water partition coefficient (Wildman–Crippen LogP) is 3.84. The van der Waals surface area contributed by atoms with Crippen molar-refractivity contribution in [3.63, 3.8) is 0 Å². The minimum Gasteiger partial charge on any atom is -0.340 e. The van der Waals surface area contributed by atoms with E-state index >= 15 is 0 Å². The molecule has 1 aliphatic rings. The lowest BCUT2D eigenvalue weighted by Gasteiger charge is -2.36. The number of nitrogens with zero attached hydrogens (tertiary/aromatic N) is 4. The van der Waals surface area contributed by atoms with Crippen molar-refractivity contribution in [1.29, 1.82) is 0 Å². The molecule has 1 aromatic heterocycles. The van der Waals surface area contributed by atoms with E-state index in [1.165, 1.54) is 4.68 Å². The monoisotopic (exact) mass is 428 g/mol. The number of piperazine rings is 1. The summed E-state index contributed by atoms with van der Waals surface area (Å²) in [4.78, 5) is 16.8. The molecule has 3 rings (SSSR count). The van der Waals surface area contributed by atoms with Gasteiger partial charge in [0.2, 0.25) is 5.91 Å². The number of hydrogen-bond donors (Lipinski definition) is 0. The fraction of sp³-hybridized carbons (Fsp3) is 0.500. The molecular formula is C20H24ClF3N4O. The summed E-state index contributed by atoms with van der Waals surface area (Å²) in [7, 11) is 0. The number of rotatable bonds is 5. The Bertz CT molecular complexity index is 842. The molecule has 0 spiro atoms. The van der Waals surface area contributed by atoms with Gasteiger partial charge < -0.3 is 4.90 Å². The van der Waals surface area contributed by atoms with Crippen LogP contribution in [0.3, 0.4) is 0 Å². The summed E-state index contributed by atoms with van der Waals surface area (Å²) in [5, 5.41) is 4.32. The molecule has 1 aromatic carbocycles. The van der Waals surface area contributed by atoms with Crippen molar-refractivity contribution in [3.8, 4) is 0 Å². The third-order valence-corrected chi connectivity index (χ3v) is 5.40. The van der Waals surface area contributed by atoms with Gasteiger partial charge in [-0.2, -0.15) is 18.3 Å². The zero-order valence-corrected chi connectivity index (χ0v) is 17.2. The van der Waals surface area contributed by atoms with Crippen molar-refractivity contribution in [2.24, 2.45) is 5.92 Å². The van der Waals surface area contributed by atoms with Crippen LogP contribution in [0.4, 0.5) is 13.2 Å². The Kier molecular flexibility index (Phi) is 6.53. The molecule has 2 aromatic rings. The number of alkyl halides is 3. The van der Waals surface area contributed by atoms with E-state index in [1.54, 1.807) is 18.7 Å². The van der Waals surface area contributed by atoms with Gasteiger partial charge in [-0.25, -0.2) is 0 Å². The van der Waals surface area contributed by atoms with Gasteiger partial charge in [-0.3, -0.25) is 14.4 Å². The van der Waals surface area contributed by atoms with E-state index in [-0.39, 0.29) is 12.5 Å². The van der Waals surface area contributed by atoms with Crippen LogP contribution in [0.15, 0.2) is 30.3 Å². The molecule has 0 N–H and O–H groups in total. The molecule has 0 saturated carbocycles. The number of halogens is 4. The summed E-state index contributed by atoms with van der Waals surface area (Å²) >= 11 is 5.91. The molecule has 29 heavy (non-hydrogen) atoms. The van der Waals surface area contributed by atoms with Crippen LogP contribution in [0.5, 0.6) is 0 Å². The molecule has 1 fully saturated rings. The first-order valence-electron chi connectivity index (χ1n) is 9.50. The van der Waals surface area contributed by atoms with Gasteiger partial charge in [0, 0.05) is 43.4 Å². The Morgan fingerprint density at radius 1 is 1.17 bits per heavy atom. The lowest BCUT2D eigenvalue weighted by Crippen LogP contribution is -2.50. The average Bonchev–Trinajstić information content (AvgIpc) is 3.04. The van der Waals surface area contributed by atoms with Crippen LogP contribution in [0, 0.1) is 12.8 Å². The second-order valence-corrected chi connectivity index (χ2v) is 7.92. The quantitative estimate of drug-likeness (QED) is 0.726. The minimum atomic E-state index is -4.48. The maximum atomic E-state index is 12.8. The van der Waals surface area contributed by atoms with Crippen LogP contribution < -0.4 is 0 Å². The van der Waals surface area contributed by atoms with Gasteiger partial charge in [-0.15, -0.1) is 0 Å². The molecule has 1 atom stereocenters. The summed E-state index contributed by atoms with van der Waals surface area (Å²) in [6.07, 6.45) is -4.48. The molecule has 0 aliphatic carbocycles. The molecule has 9 heteroatoms. The summed E-state index contributed by atoms with van der Waals surface area (Å²) in [6, 6.07) is 8.71. The highest BCUT2D eigenvalue weighted by Gasteiger charge is 2.35. The predicted molar refractivity (Wildman–Crippen MR) is 104 cm³/mol. The normalized spacial score (nSPS) is 16.8. The molecule has 1 aliphatic heterocycles. The van der Waals surface area contributed by atoms with Gasteiger partial charge >= 0.3 is 6.18 Å². The average molecular weight is 429 g/mol. The third kappa shape index (κ3) is 5.51. The summed E-state index contributed by atoms with van der Waals surface area (Å²) < 4.78 is 39.7. The van der Waals surface area contributed by atoms with E-state index in [0.29, 0.717) is 23.8 Å². The Morgan fingerprint density at radius 2 is 1.79 bits per heavy atom. The van der Waals surface area contributed by atoms with Crippen molar-refractivity contribution < 1.29 is 18.0 Å². The first-order chi connectivity index (χ1) is 13.6. The number of amides is 1. The topological polar surface area (TPSA) is 41.4 Å². The van der Waals surface area contributed by atoms with E-state index in [2.05, 4.69) is 10.00 Å². The Morgan fingerprint density at radius 3 is 2.34 bits per heavy atom. The largest absolute Gasteiger partial charge is 0.435 e. The first kappa shape index (κ1) is 21.6. The lowest BCUT2D eigenvalue weighted by atomic mass is 10.1. The first-order valence-corrected chi connectivity index (χ1v) is 9.88. The molecule has 2 heterocycles.